The Morgan fingerprint density at radius 2 is 2.40 bits per heavy atom. The Morgan fingerprint density at radius 3 is 3.20 bits per heavy atom. The van der Waals surface area contributed by atoms with Gasteiger partial charge < -0.3 is 4.74 Å². The van der Waals surface area contributed by atoms with Crippen LogP contribution in [0.4, 0.5) is 0 Å². The van der Waals surface area contributed by atoms with Gasteiger partial charge in [0, 0.05) is 6.42 Å². The minimum absolute atomic E-state index is 0.211. The SMILES string of the molecule is CCc1cc(Cl)nc2c1CC1CCC2O1. The van der Waals surface area contributed by atoms with Gasteiger partial charge in [-0.25, -0.2) is 4.98 Å². The molecule has 15 heavy (non-hydrogen) atoms. The predicted molar refractivity (Wildman–Crippen MR) is 59.2 cm³/mol. The minimum Gasteiger partial charge on any atom is -0.368 e. The molecule has 1 saturated heterocycles. The molecule has 0 aliphatic carbocycles. The van der Waals surface area contributed by atoms with Crippen LogP contribution in [0.1, 0.15) is 42.7 Å². The van der Waals surface area contributed by atoms with Crippen molar-refractivity contribution < 1.29 is 4.74 Å². The van der Waals surface area contributed by atoms with E-state index in [2.05, 4.69) is 11.9 Å². The molecular weight excluding hydrogens is 210 g/mol. The van der Waals surface area contributed by atoms with Crippen LogP contribution in [0.15, 0.2) is 6.07 Å². The van der Waals surface area contributed by atoms with E-state index in [9.17, 15) is 0 Å². The molecule has 2 unspecified atom stereocenters. The number of ether oxygens (including phenoxy) is 1. The maximum absolute atomic E-state index is 6.03. The van der Waals surface area contributed by atoms with Gasteiger partial charge in [-0.05, 0) is 36.5 Å². The average Bonchev–Trinajstić information content (AvgIpc) is 2.62. The lowest BCUT2D eigenvalue weighted by Crippen LogP contribution is -2.20. The molecule has 2 bridgehead atoms. The number of hydrogen-bond acceptors (Lipinski definition) is 2. The zero-order valence-corrected chi connectivity index (χ0v) is 9.55. The quantitative estimate of drug-likeness (QED) is 0.683. The number of rotatable bonds is 1. The molecule has 0 radical (unpaired) electrons. The third kappa shape index (κ3) is 1.47. The van der Waals surface area contributed by atoms with Crippen LogP contribution in [0.3, 0.4) is 0 Å². The van der Waals surface area contributed by atoms with Crippen molar-refractivity contribution in [3.8, 4) is 0 Å². The van der Waals surface area contributed by atoms with Crippen molar-refractivity contribution in [3.05, 3.63) is 28.0 Å². The maximum Gasteiger partial charge on any atom is 0.129 e. The highest BCUT2D eigenvalue weighted by atomic mass is 35.5. The van der Waals surface area contributed by atoms with Crippen molar-refractivity contribution in [1.29, 1.82) is 0 Å². The van der Waals surface area contributed by atoms with Gasteiger partial charge in [0.05, 0.1) is 11.8 Å². The lowest BCUT2D eigenvalue weighted by Gasteiger charge is -2.25. The summed E-state index contributed by atoms with van der Waals surface area (Å²) in [6, 6.07) is 2.01. The first kappa shape index (κ1) is 9.61. The minimum atomic E-state index is 0.211. The summed E-state index contributed by atoms with van der Waals surface area (Å²) in [6.07, 6.45) is 4.97. The molecule has 0 saturated carbocycles. The van der Waals surface area contributed by atoms with Gasteiger partial charge in [-0.1, -0.05) is 18.5 Å². The summed E-state index contributed by atoms with van der Waals surface area (Å²) in [7, 11) is 0. The van der Waals surface area contributed by atoms with E-state index in [1.54, 1.807) is 0 Å². The monoisotopic (exact) mass is 223 g/mol. The Kier molecular flexibility index (Phi) is 2.22. The Labute approximate surface area is 94.6 Å². The van der Waals surface area contributed by atoms with Crippen LogP contribution in [-0.4, -0.2) is 11.1 Å². The molecule has 2 aliphatic heterocycles. The first-order chi connectivity index (χ1) is 7.28. The molecule has 1 aromatic heterocycles. The summed E-state index contributed by atoms with van der Waals surface area (Å²) < 4.78 is 5.86. The van der Waals surface area contributed by atoms with Crippen LogP contribution in [0, 0.1) is 0 Å². The fourth-order valence-corrected chi connectivity index (χ4v) is 2.94. The molecule has 2 aliphatic rings. The Bertz CT molecular complexity index is 405. The largest absolute Gasteiger partial charge is 0.368 e. The summed E-state index contributed by atoms with van der Waals surface area (Å²) in [5.74, 6) is 0. The smallest absolute Gasteiger partial charge is 0.129 e. The highest BCUT2D eigenvalue weighted by Crippen LogP contribution is 2.41. The van der Waals surface area contributed by atoms with Gasteiger partial charge in [-0.3, -0.25) is 0 Å². The lowest BCUT2D eigenvalue weighted by molar-refractivity contribution is 0.0292. The van der Waals surface area contributed by atoms with E-state index in [0.717, 1.165) is 25.0 Å². The van der Waals surface area contributed by atoms with E-state index in [4.69, 9.17) is 16.3 Å². The van der Waals surface area contributed by atoms with E-state index in [0.29, 0.717) is 11.3 Å². The van der Waals surface area contributed by atoms with E-state index >= 15 is 0 Å². The van der Waals surface area contributed by atoms with Crippen LogP contribution in [-0.2, 0) is 17.6 Å². The maximum atomic E-state index is 6.03. The number of aromatic nitrogens is 1. The Balaban J connectivity index is 2.15. The highest BCUT2D eigenvalue weighted by molar-refractivity contribution is 6.29. The van der Waals surface area contributed by atoms with Crippen LogP contribution < -0.4 is 0 Å². The molecule has 3 rings (SSSR count). The lowest BCUT2D eigenvalue weighted by atomic mass is 9.97. The molecule has 0 aromatic carbocycles. The molecule has 0 amide bonds. The van der Waals surface area contributed by atoms with Gasteiger partial charge in [0.15, 0.2) is 0 Å². The Hall–Kier alpha value is -0.600. The van der Waals surface area contributed by atoms with Crippen molar-refractivity contribution >= 4 is 11.6 Å². The number of aryl methyl sites for hydroxylation is 1. The second kappa shape index (κ2) is 3.46. The molecule has 1 aromatic rings. The van der Waals surface area contributed by atoms with Gasteiger partial charge in [0.1, 0.15) is 11.3 Å². The van der Waals surface area contributed by atoms with Crippen molar-refractivity contribution in [3.63, 3.8) is 0 Å². The van der Waals surface area contributed by atoms with E-state index in [-0.39, 0.29) is 6.10 Å². The number of nitrogens with zero attached hydrogens (tertiary/aromatic N) is 1. The number of pyridine rings is 1. The topological polar surface area (TPSA) is 22.1 Å². The van der Waals surface area contributed by atoms with Crippen LogP contribution in [0.25, 0.3) is 0 Å². The predicted octanol–water partition coefficient (Wildman–Crippen LogP) is 3.07. The van der Waals surface area contributed by atoms with Gasteiger partial charge in [0.25, 0.3) is 0 Å². The van der Waals surface area contributed by atoms with Crippen LogP contribution in [0.5, 0.6) is 0 Å². The normalized spacial score (nSPS) is 27.9. The summed E-state index contributed by atoms with van der Waals surface area (Å²) in [4.78, 5) is 4.44. The van der Waals surface area contributed by atoms with Crippen molar-refractivity contribution in [2.75, 3.05) is 0 Å². The van der Waals surface area contributed by atoms with Gasteiger partial charge in [-0.15, -0.1) is 0 Å². The zero-order valence-electron chi connectivity index (χ0n) is 8.79. The van der Waals surface area contributed by atoms with Crippen molar-refractivity contribution in [2.24, 2.45) is 0 Å². The van der Waals surface area contributed by atoms with Gasteiger partial charge >= 0.3 is 0 Å². The molecule has 0 N–H and O–H groups in total. The van der Waals surface area contributed by atoms with Crippen molar-refractivity contribution in [2.45, 2.75) is 44.8 Å². The summed E-state index contributed by atoms with van der Waals surface area (Å²) in [5, 5.41) is 0.611. The van der Waals surface area contributed by atoms with Gasteiger partial charge in [-0.2, -0.15) is 0 Å². The van der Waals surface area contributed by atoms with E-state index in [1.807, 2.05) is 6.07 Å². The fourth-order valence-electron chi connectivity index (χ4n) is 2.71. The molecule has 80 valence electrons. The highest BCUT2D eigenvalue weighted by Gasteiger charge is 2.35. The Morgan fingerprint density at radius 1 is 1.53 bits per heavy atom. The molecule has 3 heterocycles. The van der Waals surface area contributed by atoms with E-state index < -0.39 is 0 Å². The fraction of sp³-hybridized carbons (Fsp3) is 0.583. The van der Waals surface area contributed by atoms with E-state index in [1.165, 1.54) is 17.5 Å². The molecule has 3 heteroatoms. The van der Waals surface area contributed by atoms with Crippen LogP contribution in [0.2, 0.25) is 5.15 Å². The molecule has 1 fully saturated rings. The third-order valence-corrected chi connectivity index (χ3v) is 3.64. The number of fused-ring (bicyclic) bond motifs is 4. The third-order valence-electron chi connectivity index (χ3n) is 3.44. The molecule has 2 atom stereocenters. The standard InChI is InChI=1S/C12H14ClNO/c1-2-7-5-11(13)14-12-9(7)6-8-3-4-10(12)15-8/h5,8,10H,2-4,6H2,1H3. The summed E-state index contributed by atoms with van der Waals surface area (Å²) in [5.41, 5.74) is 3.86. The molecular formula is C12H14ClNO. The first-order valence-electron chi connectivity index (χ1n) is 5.61. The second-order valence-electron chi connectivity index (χ2n) is 4.35. The molecule has 0 spiro atoms. The first-order valence-corrected chi connectivity index (χ1v) is 5.99. The number of halogens is 1. The summed E-state index contributed by atoms with van der Waals surface area (Å²) >= 11 is 6.03. The average molecular weight is 224 g/mol. The van der Waals surface area contributed by atoms with Crippen LogP contribution >= 0.6 is 11.6 Å². The zero-order chi connectivity index (χ0) is 10.4. The second-order valence-corrected chi connectivity index (χ2v) is 4.74. The number of hydrogen-bond donors (Lipinski definition) is 0. The van der Waals surface area contributed by atoms with Gasteiger partial charge in [0.2, 0.25) is 0 Å². The van der Waals surface area contributed by atoms with Crippen molar-refractivity contribution in [1.82, 2.24) is 4.98 Å². The summed E-state index contributed by atoms with van der Waals surface area (Å²) in [6.45, 7) is 2.17. The molecule has 2 nitrogen and oxygen atoms in total.